The van der Waals surface area contributed by atoms with E-state index in [9.17, 15) is 5.11 Å². The largest absolute Gasteiger partial charge is 0.385 e. The lowest BCUT2D eigenvalue weighted by Gasteiger charge is -2.37. The van der Waals surface area contributed by atoms with Crippen LogP contribution in [0.3, 0.4) is 0 Å². The van der Waals surface area contributed by atoms with E-state index in [1.807, 2.05) is 32.8 Å². The van der Waals surface area contributed by atoms with Crippen LogP contribution in [0.5, 0.6) is 0 Å². The highest BCUT2D eigenvalue weighted by Gasteiger charge is 2.34. The van der Waals surface area contributed by atoms with E-state index in [0.717, 1.165) is 13.0 Å². The van der Waals surface area contributed by atoms with Crippen LogP contribution in [-0.2, 0) is 6.54 Å². The second-order valence-electron chi connectivity index (χ2n) is 5.05. The van der Waals surface area contributed by atoms with Gasteiger partial charge in [0.15, 0.2) is 0 Å². The number of aryl methyl sites for hydroxylation is 1. The van der Waals surface area contributed by atoms with Gasteiger partial charge in [0.2, 0.25) is 0 Å². The summed E-state index contributed by atoms with van der Waals surface area (Å²) in [4.78, 5) is 1.98. The van der Waals surface area contributed by atoms with Gasteiger partial charge in [-0.1, -0.05) is 18.5 Å². The first-order valence-electron chi connectivity index (χ1n) is 5.89. The molecular weight excluding hydrogens is 238 g/mol. The minimum Gasteiger partial charge on any atom is -0.385 e. The zero-order valence-electron chi connectivity index (χ0n) is 11.2. The molecule has 0 aliphatic heterocycles. The number of hydrogen-bond acceptors (Lipinski definition) is 3. The van der Waals surface area contributed by atoms with Crippen LogP contribution in [0, 0.1) is 0 Å². The predicted octanol–water partition coefficient (Wildman–Crippen LogP) is 2.32. The van der Waals surface area contributed by atoms with E-state index in [2.05, 4.69) is 12.0 Å². The summed E-state index contributed by atoms with van der Waals surface area (Å²) in [5, 5.41) is 15.2. The molecule has 17 heavy (non-hydrogen) atoms. The van der Waals surface area contributed by atoms with Crippen LogP contribution in [0.2, 0.25) is 5.02 Å². The first-order valence-corrected chi connectivity index (χ1v) is 6.26. The van der Waals surface area contributed by atoms with Crippen molar-refractivity contribution < 1.29 is 5.11 Å². The molecule has 0 aromatic carbocycles. The summed E-state index contributed by atoms with van der Waals surface area (Å²) in [6, 6.07) is 0. The van der Waals surface area contributed by atoms with Crippen LogP contribution in [0.1, 0.15) is 39.0 Å². The van der Waals surface area contributed by atoms with E-state index < -0.39 is 11.6 Å². The molecule has 1 aromatic heterocycles. The molecule has 1 rings (SSSR count). The molecule has 0 fully saturated rings. The molecule has 1 aromatic rings. The monoisotopic (exact) mass is 259 g/mol. The van der Waals surface area contributed by atoms with Gasteiger partial charge in [-0.3, -0.25) is 4.68 Å². The fourth-order valence-electron chi connectivity index (χ4n) is 1.61. The van der Waals surface area contributed by atoms with E-state index in [1.54, 1.807) is 10.9 Å². The van der Waals surface area contributed by atoms with Crippen LogP contribution >= 0.6 is 11.6 Å². The molecule has 1 N–H and O–H groups in total. The molecule has 1 heterocycles. The molecule has 0 spiro atoms. The van der Waals surface area contributed by atoms with Crippen LogP contribution < -0.4 is 0 Å². The molecule has 1 unspecified atom stereocenters. The normalized spacial score (nSPS) is 14.4. The van der Waals surface area contributed by atoms with Gasteiger partial charge in [-0.2, -0.15) is 5.10 Å². The van der Waals surface area contributed by atoms with Crippen molar-refractivity contribution in [2.45, 2.75) is 45.4 Å². The van der Waals surface area contributed by atoms with Gasteiger partial charge in [-0.25, -0.2) is 0 Å². The summed E-state index contributed by atoms with van der Waals surface area (Å²) in [7, 11) is 3.88. The topological polar surface area (TPSA) is 41.3 Å². The number of likely N-dealkylation sites (N-methyl/N-ethyl adjacent to an activating group) is 1. The van der Waals surface area contributed by atoms with E-state index in [4.69, 9.17) is 11.6 Å². The molecule has 0 saturated heterocycles. The Morgan fingerprint density at radius 1 is 1.53 bits per heavy atom. The second kappa shape index (κ2) is 5.38. The van der Waals surface area contributed by atoms with Crippen molar-refractivity contribution >= 4 is 11.6 Å². The number of nitrogens with zero attached hydrogens (tertiary/aromatic N) is 3. The summed E-state index contributed by atoms with van der Waals surface area (Å²) in [6.45, 7) is 6.81. The Morgan fingerprint density at radius 2 is 2.12 bits per heavy atom. The highest BCUT2D eigenvalue weighted by molar-refractivity contribution is 6.31. The molecule has 0 aliphatic carbocycles. The Labute approximate surface area is 108 Å². The molecule has 0 amide bonds. The van der Waals surface area contributed by atoms with Crippen LogP contribution in [0.25, 0.3) is 0 Å². The molecule has 1 atom stereocenters. The van der Waals surface area contributed by atoms with Crippen molar-refractivity contribution in [3.63, 3.8) is 0 Å². The number of aliphatic hydroxyl groups excluding tert-OH is 1. The number of hydrogen-bond donors (Lipinski definition) is 1. The third-order valence-electron chi connectivity index (χ3n) is 3.35. The van der Waals surface area contributed by atoms with Crippen LogP contribution in [0.4, 0.5) is 0 Å². The Kier molecular flexibility index (Phi) is 4.58. The lowest BCUT2D eigenvalue weighted by atomic mass is 9.93. The van der Waals surface area contributed by atoms with Crippen molar-refractivity contribution in [2.75, 3.05) is 14.1 Å². The van der Waals surface area contributed by atoms with Crippen molar-refractivity contribution in [1.29, 1.82) is 0 Å². The lowest BCUT2D eigenvalue weighted by molar-refractivity contribution is 0.0107. The predicted molar refractivity (Wildman–Crippen MR) is 70.3 cm³/mol. The molecule has 98 valence electrons. The highest BCUT2D eigenvalue weighted by atomic mass is 35.5. The first kappa shape index (κ1) is 14.5. The molecule has 5 heteroatoms. The van der Waals surface area contributed by atoms with Gasteiger partial charge in [0.1, 0.15) is 6.10 Å². The molecule has 4 nitrogen and oxygen atoms in total. The van der Waals surface area contributed by atoms with Gasteiger partial charge in [-0.15, -0.1) is 0 Å². The minimum atomic E-state index is -0.668. The maximum absolute atomic E-state index is 10.5. The summed E-state index contributed by atoms with van der Waals surface area (Å²) < 4.78 is 1.79. The third kappa shape index (κ3) is 2.81. The zero-order chi connectivity index (χ0) is 13.2. The number of aromatic nitrogens is 2. The average Bonchev–Trinajstić information content (AvgIpc) is 2.59. The van der Waals surface area contributed by atoms with E-state index >= 15 is 0 Å². The highest BCUT2D eigenvalue weighted by Crippen LogP contribution is 2.33. The number of aliphatic hydroxyl groups is 1. The zero-order valence-corrected chi connectivity index (χ0v) is 12.0. The Morgan fingerprint density at radius 3 is 2.59 bits per heavy atom. The van der Waals surface area contributed by atoms with Gasteiger partial charge in [0, 0.05) is 12.1 Å². The van der Waals surface area contributed by atoms with Crippen molar-refractivity contribution in [3.05, 3.63) is 16.9 Å². The molecule has 0 aliphatic rings. The fourth-order valence-corrected chi connectivity index (χ4v) is 1.86. The van der Waals surface area contributed by atoms with Crippen molar-refractivity contribution in [3.8, 4) is 0 Å². The average molecular weight is 260 g/mol. The number of halogens is 1. The van der Waals surface area contributed by atoms with Crippen molar-refractivity contribution in [2.24, 2.45) is 0 Å². The SMILES string of the molecule is CCCn1ncc(Cl)c1C(O)C(C)(C)N(C)C. The Balaban J connectivity index is 3.10. The molecule has 0 bridgehead atoms. The Hall–Kier alpha value is -0.580. The van der Waals surface area contributed by atoms with E-state index in [-0.39, 0.29) is 0 Å². The van der Waals surface area contributed by atoms with Gasteiger partial charge < -0.3 is 10.0 Å². The summed E-state index contributed by atoms with van der Waals surface area (Å²) >= 11 is 6.12. The first-order chi connectivity index (χ1) is 7.82. The van der Waals surface area contributed by atoms with E-state index in [0.29, 0.717) is 10.7 Å². The quantitative estimate of drug-likeness (QED) is 0.882. The van der Waals surface area contributed by atoms with Gasteiger partial charge in [0.25, 0.3) is 0 Å². The van der Waals surface area contributed by atoms with Gasteiger partial charge >= 0.3 is 0 Å². The molecule has 0 radical (unpaired) electrons. The minimum absolute atomic E-state index is 0.394. The van der Waals surface area contributed by atoms with E-state index in [1.165, 1.54) is 0 Å². The Bertz CT molecular complexity index is 374. The molecular formula is C12H22ClN3O. The summed E-state index contributed by atoms with van der Waals surface area (Å²) in [5.74, 6) is 0. The smallest absolute Gasteiger partial charge is 0.115 e. The lowest BCUT2D eigenvalue weighted by Crippen LogP contribution is -2.44. The maximum atomic E-state index is 10.5. The third-order valence-corrected chi connectivity index (χ3v) is 3.64. The van der Waals surface area contributed by atoms with Gasteiger partial charge in [-0.05, 0) is 34.4 Å². The van der Waals surface area contributed by atoms with Crippen molar-refractivity contribution in [1.82, 2.24) is 14.7 Å². The second-order valence-corrected chi connectivity index (χ2v) is 5.46. The van der Waals surface area contributed by atoms with Crippen LogP contribution in [0.15, 0.2) is 6.20 Å². The van der Waals surface area contributed by atoms with Gasteiger partial charge in [0.05, 0.1) is 16.9 Å². The van der Waals surface area contributed by atoms with Crippen LogP contribution in [-0.4, -0.2) is 39.4 Å². The fraction of sp³-hybridized carbons (Fsp3) is 0.750. The standard InChI is InChI=1S/C12H22ClN3O/c1-6-7-16-10(9(13)8-14-16)11(17)12(2,3)15(4)5/h8,11,17H,6-7H2,1-5H3. The number of rotatable bonds is 5. The summed E-state index contributed by atoms with van der Waals surface area (Å²) in [5.41, 5.74) is 0.307. The summed E-state index contributed by atoms with van der Waals surface area (Å²) in [6.07, 6.45) is 1.89. The molecule has 0 saturated carbocycles. The maximum Gasteiger partial charge on any atom is 0.115 e.